The van der Waals surface area contributed by atoms with Crippen molar-refractivity contribution in [2.45, 2.75) is 26.3 Å². The molecule has 1 N–H and O–H groups in total. The second kappa shape index (κ2) is 7.16. The van der Waals surface area contributed by atoms with E-state index < -0.39 is 0 Å². The zero-order valence-electron chi connectivity index (χ0n) is 14.9. The molecule has 1 saturated heterocycles. The molecule has 0 aliphatic carbocycles. The van der Waals surface area contributed by atoms with Gasteiger partial charge < -0.3 is 15.0 Å². The maximum absolute atomic E-state index is 11.1. The summed E-state index contributed by atoms with van der Waals surface area (Å²) < 4.78 is 5.65. The maximum atomic E-state index is 11.1. The largest absolute Gasteiger partial charge is 0.491 e. The van der Waals surface area contributed by atoms with E-state index in [2.05, 4.69) is 43.3 Å². The first-order valence-electron chi connectivity index (χ1n) is 8.82. The van der Waals surface area contributed by atoms with Gasteiger partial charge in [0.2, 0.25) is 16.2 Å². The highest BCUT2D eigenvalue weighted by atomic mass is 32.1. The van der Waals surface area contributed by atoms with Gasteiger partial charge in [-0.2, -0.15) is 0 Å². The predicted molar refractivity (Wildman–Crippen MR) is 99.8 cm³/mol. The van der Waals surface area contributed by atoms with Crippen molar-refractivity contribution < 1.29 is 9.53 Å². The molecule has 1 fully saturated rings. The van der Waals surface area contributed by atoms with E-state index in [0.717, 1.165) is 55.8 Å². The van der Waals surface area contributed by atoms with Crippen molar-refractivity contribution in [2.75, 3.05) is 43.0 Å². The van der Waals surface area contributed by atoms with E-state index in [0.29, 0.717) is 11.2 Å². The number of hydrogen-bond donors (Lipinski definition) is 1. The average Bonchev–Trinajstić information content (AvgIpc) is 3.29. The van der Waals surface area contributed by atoms with Crippen molar-refractivity contribution in [3.63, 3.8) is 0 Å². The van der Waals surface area contributed by atoms with E-state index in [1.807, 2.05) is 6.20 Å². The molecule has 26 heavy (non-hydrogen) atoms. The lowest BCUT2D eigenvalue weighted by Gasteiger charge is -2.37. The normalized spacial score (nSPS) is 18.3. The van der Waals surface area contributed by atoms with Crippen LogP contribution in [0.3, 0.4) is 0 Å². The van der Waals surface area contributed by atoms with Gasteiger partial charge in [-0.1, -0.05) is 11.3 Å². The number of aromatic nitrogens is 3. The van der Waals surface area contributed by atoms with Gasteiger partial charge >= 0.3 is 0 Å². The molecule has 2 aliphatic rings. The van der Waals surface area contributed by atoms with Crippen molar-refractivity contribution in [2.24, 2.45) is 0 Å². The van der Waals surface area contributed by atoms with Crippen LogP contribution in [0.4, 0.5) is 10.3 Å². The van der Waals surface area contributed by atoms with Gasteiger partial charge in [-0.15, -0.1) is 10.2 Å². The van der Waals surface area contributed by atoms with E-state index in [4.69, 9.17) is 4.74 Å². The van der Waals surface area contributed by atoms with Crippen LogP contribution in [0, 0.1) is 0 Å². The summed E-state index contributed by atoms with van der Waals surface area (Å²) in [6, 6.07) is 2.43. The minimum atomic E-state index is -0.127. The van der Waals surface area contributed by atoms with E-state index >= 15 is 0 Å². The number of anilines is 2. The molecular formula is C17H22N6O2S. The van der Waals surface area contributed by atoms with E-state index in [1.54, 1.807) is 0 Å². The molecule has 0 saturated carbocycles. The molecule has 4 rings (SSSR count). The number of ether oxygens (including phenoxy) is 1. The van der Waals surface area contributed by atoms with Crippen LogP contribution >= 0.6 is 11.3 Å². The summed E-state index contributed by atoms with van der Waals surface area (Å²) in [5, 5.41) is 12.3. The number of piperazine rings is 1. The molecule has 0 aromatic carbocycles. The molecule has 138 valence electrons. The number of fused-ring (bicyclic) bond motifs is 1. The number of carbonyl (C=O) groups is 1. The molecule has 2 aromatic rings. The van der Waals surface area contributed by atoms with E-state index in [9.17, 15) is 4.79 Å². The Morgan fingerprint density at radius 1 is 1.31 bits per heavy atom. The molecule has 1 atom stereocenters. The number of amides is 1. The fourth-order valence-electron chi connectivity index (χ4n) is 3.34. The quantitative estimate of drug-likeness (QED) is 0.872. The van der Waals surface area contributed by atoms with Crippen LogP contribution in [0.1, 0.15) is 31.1 Å². The number of rotatable bonds is 4. The number of pyridine rings is 1. The molecule has 9 heteroatoms. The fourth-order valence-corrected chi connectivity index (χ4v) is 4.19. The minimum absolute atomic E-state index is 0.127. The van der Waals surface area contributed by atoms with Crippen molar-refractivity contribution in [1.29, 1.82) is 0 Å². The van der Waals surface area contributed by atoms with Gasteiger partial charge in [0, 0.05) is 51.8 Å². The molecule has 0 spiro atoms. The first-order valence-corrected chi connectivity index (χ1v) is 9.63. The highest BCUT2D eigenvalue weighted by molar-refractivity contribution is 7.19. The standard InChI is InChI=1S/C17H22N6O2S/c1-11(13-9-15-14(18-10-13)3-8-25-15)22-4-6-23(7-5-22)17-21-20-16(26-17)19-12(2)24/h9-11H,3-8H2,1-2H3,(H,19,20,24). The second-order valence-corrected chi connectivity index (χ2v) is 7.54. The molecule has 0 bridgehead atoms. The van der Waals surface area contributed by atoms with Gasteiger partial charge in [0.25, 0.3) is 0 Å². The Labute approximate surface area is 156 Å². The smallest absolute Gasteiger partial charge is 0.223 e. The lowest BCUT2D eigenvalue weighted by molar-refractivity contribution is -0.114. The lowest BCUT2D eigenvalue weighted by Crippen LogP contribution is -2.47. The van der Waals surface area contributed by atoms with Crippen molar-refractivity contribution >= 4 is 27.5 Å². The van der Waals surface area contributed by atoms with Crippen LogP contribution in [0.25, 0.3) is 0 Å². The summed E-state index contributed by atoms with van der Waals surface area (Å²) in [6.07, 6.45) is 2.89. The summed E-state index contributed by atoms with van der Waals surface area (Å²) in [5.74, 6) is 0.811. The third-order valence-corrected chi connectivity index (χ3v) is 5.76. The number of nitrogens with one attached hydrogen (secondary N) is 1. The summed E-state index contributed by atoms with van der Waals surface area (Å²) in [5.41, 5.74) is 2.26. The molecule has 0 radical (unpaired) electrons. The molecule has 8 nitrogen and oxygen atoms in total. The van der Waals surface area contributed by atoms with Crippen molar-refractivity contribution in [1.82, 2.24) is 20.1 Å². The van der Waals surface area contributed by atoms with Gasteiger partial charge in [0.15, 0.2) is 0 Å². The van der Waals surface area contributed by atoms with Crippen LogP contribution in [-0.2, 0) is 11.2 Å². The summed E-state index contributed by atoms with van der Waals surface area (Å²) >= 11 is 1.41. The Kier molecular flexibility index (Phi) is 4.73. The number of nitrogens with zero attached hydrogens (tertiary/aromatic N) is 5. The van der Waals surface area contributed by atoms with Gasteiger partial charge in [-0.3, -0.25) is 14.7 Å². The Morgan fingerprint density at radius 3 is 2.88 bits per heavy atom. The lowest BCUT2D eigenvalue weighted by atomic mass is 10.1. The highest BCUT2D eigenvalue weighted by Crippen LogP contribution is 2.30. The first-order chi connectivity index (χ1) is 12.6. The van der Waals surface area contributed by atoms with Crippen LogP contribution < -0.4 is 15.0 Å². The average molecular weight is 374 g/mol. The molecule has 1 amide bonds. The number of carbonyl (C=O) groups excluding carboxylic acids is 1. The highest BCUT2D eigenvalue weighted by Gasteiger charge is 2.25. The Morgan fingerprint density at radius 2 is 2.12 bits per heavy atom. The van der Waals surface area contributed by atoms with Gasteiger partial charge in [0.05, 0.1) is 12.3 Å². The van der Waals surface area contributed by atoms with Gasteiger partial charge in [-0.25, -0.2) is 0 Å². The summed E-state index contributed by atoms with van der Waals surface area (Å²) in [7, 11) is 0. The summed E-state index contributed by atoms with van der Waals surface area (Å²) in [4.78, 5) is 20.3. The van der Waals surface area contributed by atoms with Crippen molar-refractivity contribution in [3.8, 4) is 5.75 Å². The predicted octanol–water partition coefficient (Wildman–Crippen LogP) is 1.71. The van der Waals surface area contributed by atoms with Crippen molar-refractivity contribution in [3.05, 3.63) is 23.5 Å². The van der Waals surface area contributed by atoms with Crippen LogP contribution in [0.15, 0.2) is 12.3 Å². The van der Waals surface area contributed by atoms with Crippen LogP contribution in [0.2, 0.25) is 0 Å². The van der Waals surface area contributed by atoms with E-state index in [1.165, 1.54) is 23.8 Å². The molecule has 2 aliphatic heterocycles. The molecule has 2 aromatic heterocycles. The minimum Gasteiger partial charge on any atom is -0.491 e. The third-order valence-electron chi connectivity index (χ3n) is 4.86. The van der Waals surface area contributed by atoms with Crippen LogP contribution in [-0.4, -0.2) is 58.8 Å². The Bertz CT molecular complexity index is 802. The number of hydrogen-bond acceptors (Lipinski definition) is 8. The van der Waals surface area contributed by atoms with Gasteiger partial charge in [0.1, 0.15) is 5.75 Å². The third kappa shape index (κ3) is 3.49. The van der Waals surface area contributed by atoms with Crippen LogP contribution in [0.5, 0.6) is 5.75 Å². The SMILES string of the molecule is CC(=O)Nc1nnc(N2CCN(C(C)c3cnc4c(c3)OCC4)CC2)s1. The summed E-state index contributed by atoms with van der Waals surface area (Å²) in [6.45, 7) is 8.07. The Balaban J connectivity index is 1.37. The molecule has 1 unspecified atom stereocenters. The zero-order chi connectivity index (χ0) is 18.1. The van der Waals surface area contributed by atoms with E-state index in [-0.39, 0.29) is 5.91 Å². The first kappa shape index (κ1) is 17.2. The maximum Gasteiger partial charge on any atom is 0.223 e. The van der Waals surface area contributed by atoms with Gasteiger partial charge in [-0.05, 0) is 18.6 Å². The fraction of sp³-hybridized carbons (Fsp3) is 0.529. The second-order valence-electron chi connectivity index (χ2n) is 6.58. The Hall–Kier alpha value is -2.26. The monoisotopic (exact) mass is 374 g/mol. The molecule has 4 heterocycles. The molecular weight excluding hydrogens is 352 g/mol. The topological polar surface area (TPSA) is 83.5 Å². The zero-order valence-corrected chi connectivity index (χ0v) is 15.8.